The van der Waals surface area contributed by atoms with Crippen LogP contribution in [0.3, 0.4) is 0 Å². The molecule has 1 saturated heterocycles. The number of hydrogen-bond donors (Lipinski definition) is 1. The van der Waals surface area contributed by atoms with Gasteiger partial charge in [-0.25, -0.2) is 13.1 Å². The highest BCUT2D eigenvalue weighted by Gasteiger charge is 2.17. The highest BCUT2D eigenvalue weighted by Crippen LogP contribution is 2.21. The number of thioether (sulfide) groups is 1. The highest BCUT2D eigenvalue weighted by molar-refractivity contribution is 8.00. The van der Waals surface area contributed by atoms with Crippen LogP contribution in [0, 0.1) is 13.8 Å². The molecule has 0 radical (unpaired) electrons. The van der Waals surface area contributed by atoms with E-state index < -0.39 is 10.0 Å². The Bertz CT molecular complexity index is 566. The second-order valence-electron chi connectivity index (χ2n) is 5.35. The van der Waals surface area contributed by atoms with Crippen molar-refractivity contribution in [2.45, 2.75) is 36.8 Å². The van der Waals surface area contributed by atoms with Gasteiger partial charge in [-0.1, -0.05) is 17.7 Å². The van der Waals surface area contributed by atoms with Gasteiger partial charge in [-0.05, 0) is 38.3 Å². The van der Waals surface area contributed by atoms with Crippen LogP contribution < -0.4 is 4.72 Å². The van der Waals surface area contributed by atoms with Crippen LogP contribution in [0.2, 0.25) is 0 Å². The predicted molar refractivity (Wildman–Crippen MR) is 87.4 cm³/mol. The highest BCUT2D eigenvalue weighted by atomic mass is 32.2. The molecule has 0 aliphatic carbocycles. The van der Waals surface area contributed by atoms with E-state index in [4.69, 9.17) is 4.74 Å². The number of hydrogen-bond acceptors (Lipinski definition) is 4. The fraction of sp³-hybridized carbons (Fsp3) is 0.600. The molecule has 1 aliphatic heterocycles. The fourth-order valence-electron chi connectivity index (χ4n) is 2.42. The lowest BCUT2D eigenvalue weighted by Gasteiger charge is -2.21. The summed E-state index contributed by atoms with van der Waals surface area (Å²) in [6.07, 6.45) is 2.13. The summed E-state index contributed by atoms with van der Waals surface area (Å²) >= 11 is 1.83. The van der Waals surface area contributed by atoms with Gasteiger partial charge in [0.15, 0.2) is 0 Å². The maximum absolute atomic E-state index is 12.3. The minimum absolute atomic E-state index is 0.379. The molecule has 1 aromatic carbocycles. The van der Waals surface area contributed by atoms with Crippen LogP contribution in [0.25, 0.3) is 0 Å². The van der Waals surface area contributed by atoms with E-state index in [1.807, 2.05) is 37.7 Å². The Balaban J connectivity index is 1.83. The van der Waals surface area contributed by atoms with Gasteiger partial charge >= 0.3 is 0 Å². The first-order chi connectivity index (χ1) is 9.99. The molecule has 118 valence electrons. The second-order valence-corrected chi connectivity index (χ2v) is 8.49. The van der Waals surface area contributed by atoms with E-state index in [2.05, 4.69) is 4.72 Å². The number of ether oxygens (including phenoxy) is 1. The van der Waals surface area contributed by atoms with E-state index >= 15 is 0 Å². The summed E-state index contributed by atoms with van der Waals surface area (Å²) in [6, 6.07) is 5.41. The molecule has 2 rings (SSSR count). The van der Waals surface area contributed by atoms with Crippen molar-refractivity contribution in [3.63, 3.8) is 0 Å². The molecule has 21 heavy (non-hydrogen) atoms. The SMILES string of the molecule is Cc1ccc(S(=O)(=O)NCCSC2CCOCC2)c(C)c1. The first-order valence-electron chi connectivity index (χ1n) is 7.25. The van der Waals surface area contributed by atoms with Crippen LogP contribution in [-0.2, 0) is 14.8 Å². The Morgan fingerprint density at radius 3 is 2.67 bits per heavy atom. The third-order valence-corrected chi connectivity index (χ3v) is 6.54. The minimum Gasteiger partial charge on any atom is -0.381 e. The zero-order chi connectivity index (χ0) is 15.3. The zero-order valence-electron chi connectivity index (χ0n) is 12.6. The van der Waals surface area contributed by atoms with Crippen LogP contribution in [0.1, 0.15) is 24.0 Å². The standard InChI is InChI=1S/C15H23NO3S2/c1-12-3-4-15(13(2)11-12)21(17,18)16-7-10-20-14-5-8-19-9-6-14/h3-4,11,14,16H,5-10H2,1-2H3. The third-order valence-electron chi connectivity index (χ3n) is 3.54. The quantitative estimate of drug-likeness (QED) is 0.815. The van der Waals surface area contributed by atoms with Gasteiger partial charge in [0.05, 0.1) is 4.90 Å². The van der Waals surface area contributed by atoms with Crippen molar-refractivity contribution in [1.29, 1.82) is 0 Å². The molecule has 0 unspecified atom stereocenters. The van der Waals surface area contributed by atoms with Gasteiger partial charge in [-0.15, -0.1) is 0 Å². The van der Waals surface area contributed by atoms with Crippen LogP contribution in [0.4, 0.5) is 0 Å². The van der Waals surface area contributed by atoms with Gasteiger partial charge < -0.3 is 4.74 Å². The molecule has 4 nitrogen and oxygen atoms in total. The van der Waals surface area contributed by atoms with E-state index in [1.54, 1.807) is 6.07 Å². The van der Waals surface area contributed by atoms with E-state index in [0.717, 1.165) is 42.9 Å². The zero-order valence-corrected chi connectivity index (χ0v) is 14.2. The molecule has 1 heterocycles. The molecule has 1 N–H and O–H groups in total. The summed E-state index contributed by atoms with van der Waals surface area (Å²) in [5, 5.41) is 0.601. The van der Waals surface area contributed by atoms with Gasteiger partial charge in [0.1, 0.15) is 0 Å². The van der Waals surface area contributed by atoms with Gasteiger partial charge in [0, 0.05) is 30.8 Å². The Hall–Kier alpha value is -0.560. The largest absolute Gasteiger partial charge is 0.381 e. The van der Waals surface area contributed by atoms with Crippen LogP contribution >= 0.6 is 11.8 Å². The fourth-order valence-corrected chi connectivity index (χ4v) is 4.89. The molecule has 0 amide bonds. The molecule has 0 atom stereocenters. The summed E-state index contributed by atoms with van der Waals surface area (Å²) in [6.45, 7) is 5.91. The lowest BCUT2D eigenvalue weighted by molar-refractivity contribution is 0.100. The number of benzene rings is 1. The Morgan fingerprint density at radius 1 is 1.29 bits per heavy atom. The Morgan fingerprint density at radius 2 is 2.00 bits per heavy atom. The van der Waals surface area contributed by atoms with Crippen LogP contribution in [0.15, 0.2) is 23.1 Å². The van der Waals surface area contributed by atoms with Crippen molar-refractivity contribution in [3.8, 4) is 0 Å². The molecule has 1 aliphatic rings. The topological polar surface area (TPSA) is 55.4 Å². The molecule has 1 fully saturated rings. The van der Waals surface area contributed by atoms with Crippen molar-refractivity contribution in [3.05, 3.63) is 29.3 Å². The van der Waals surface area contributed by atoms with Gasteiger partial charge in [0.2, 0.25) is 10.0 Å². The van der Waals surface area contributed by atoms with Crippen molar-refractivity contribution in [2.75, 3.05) is 25.5 Å². The van der Waals surface area contributed by atoms with Crippen LogP contribution in [0.5, 0.6) is 0 Å². The molecular formula is C15H23NO3S2. The van der Waals surface area contributed by atoms with E-state index in [-0.39, 0.29) is 0 Å². The maximum Gasteiger partial charge on any atom is 0.240 e. The normalized spacial score (nSPS) is 17.0. The van der Waals surface area contributed by atoms with Crippen LogP contribution in [-0.4, -0.2) is 39.2 Å². The monoisotopic (exact) mass is 329 g/mol. The lowest BCUT2D eigenvalue weighted by Crippen LogP contribution is -2.27. The first-order valence-corrected chi connectivity index (χ1v) is 9.78. The average molecular weight is 329 g/mol. The lowest BCUT2D eigenvalue weighted by atomic mass is 10.2. The van der Waals surface area contributed by atoms with Gasteiger partial charge in [-0.3, -0.25) is 0 Å². The summed E-state index contributed by atoms with van der Waals surface area (Å²) in [7, 11) is -3.40. The number of aryl methyl sites for hydroxylation is 2. The van der Waals surface area contributed by atoms with E-state index in [9.17, 15) is 8.42 Å². The molecule has 0 bridgehead atoms. The maximum atomic E-state index is 12.3. The van der Waals surface area contributed by atoms with Gasteiger partial charge in [0.25, 0.3) is 0 Å². The molecule has 0 aromatic heterocycles. The summed E-state index contributed by atoms with van der Waals surface area (Å²) in [5.74, 6) is 0.800. The van der Waals surface area contributed by atoms with Crippen molar-refractivity contribution < 1.29 is 13.2 Å². The Labute approximate surface area is 131 Å². The number of rotatable bonds is 6. The molecular weight excluding hydrogens is 306 g/mol. The minimum atomic E-state index is -3.40. The predicted octanol–water partition coefficient (Wildman–Crippen LogP) is 2.49. The Kier molecular flexibility index (Phi) is 6.10. The molecule has 0 saturated carbocycles. The summed E-state index contributed by atoms with van der Waals surface area (Å²) < 4.78 is 32.6. The molecule has 6 heteroatoms. The first kappa shape index (κ1) is 16.8. The third kappa shape index (κ3) is 4.98. The summed E-state index contributed by atoms with van der Waals surface area (Å²) in [5.41, 5.74) is 1.86. The second kappa shape index (κ2) is 7.63. The van der Waals surface area contributed by atoms with E-state index in [1.165, 1.54) is 0 Å². The average Bonchev–Trinajstić information content (AvgIpc) is 2.44. The van der Waals surface area contributed by atoms with Crippen molar-refractivity contribution >= 4 is 21.8 Å². The summed E-state index contributed by atoms with van der Waals surface area (Å²) in [4.78, 5) is 0.379. The smallest absolute Gasteiger partial charge is 0.240 e. The van der Waals surface area contributed by atoms with E-state index in [0.29, 0.717) is 16.7 Å². The molecule has 0 spiro atoms. The van der Waals surface area contributed by atoms with Gasteiger partial charge in [-0.2, -0.15) is 11.8 Å². The van der Waals surface area contributed by atoms with Crippen molar-refractivity contribution in [1.82, 2.24) is 4.72 Å². The number of sulfonamides is 1. The molecule has 1 aromatic rings. The number of nitrogens with one attached hydrogen (secondary N) is 1. The van der Waals surface area contributed by atoms with Crippen molar-refractivity contribution in [2.24, 2.45) is 0 Å².